The Balaban J connectivity index is 2.21. The molecule has 0 radical (unpaired) electrons. The molecule has 0 fully saturated rings. The van der Waals surface area contributed by atoms with Gasteiger partial charge in [-0.15, -0.1) is 0 Å². The molecule has 1 atom stereocenters. The van der Waals surface area contributed by atoms with Crippen LogP contribution in [0.25, 0.3) is 0 Å². The van der Waals surface area contributed by atoms with Crippen LogP contribution < -0.4 is 4.74 Å². The van der Waals surface area contributed by atoms with Crippen molar-refractivity contribution in [2.24, 2.45) is 0 Å². The minimum Gasteiger partial charge on any atom is -0.494 e. The Morgan fingerprint density at radius 3 is 2.43 bits per heavy atom. The van der Waals surface area contributed by atoms with Crippen molar-refractivity contribution in [3.05, 3.63) is 65.5 Å². The summed E-state index contributed by atoms with van der Waals surface area (Å²) < 4.78 is 19.2. The summed E-state index contributed by atoms with van der Waals surface area (Å²) in [5, 5.41) is -0.561. The third-order valence-electron chi connectivity index (χ3n) is 3.23. The van der Waals surface area contributed by atoms with Crippen LogP contribution in [0.2, 0.25) is 0 Å². The zero-order valence-electron chi connectivity index (χ0n) is 11.7. The lowest BCUT2D eigenvalue weighted by atomic mass is 9.92. The molecule has 4 heteroatoms. The smallest absolute Gasteiger partial charge is 0.229 e. The van der Waals surface area contributed by atoms with E-state index in [4.69, 9.17) is 16.3 Å². The minimum absolute atomic E-state index is 0.325. The maximum Gasteiger partial charge on any atom is 0.229 e. The fraction of sp³-hybridized carbons (Fsp3) is 0.235. The van der Waals surface area contributed by atoms with E-state index in [1.54, 1.807) is 18.2 Å². The topological polar surface area (TPSA) is 26.3 Å². The molecule has 0 amide bonds. The SMILES string of the molecule is CCOc1ccc(CC(C(=O)Cl)c2ccccc2F)cc1. The van der Waals surface area contributed by atoms with Crippen molar-refractivity contribution in [3.8, 4) is 5.75 Å². The Morgan fingerprint density at radius 2 is 1.86 bits per heavy atom. The molecule has 0 N–H and O–H groups in total. The molecule has 110 valence electrons. The molecule has 0 saturated heterocycles. The van der Waals surface area contributed by atoms with Gasteiger partial charge in [0.2, 0.25) is 5.24 Å². The molecule has 0 aliphatic heterocycles. The summed E-state index contributed by atoms with van der Waals surface area (Å²) in [6.07, 6.45) is 0.357. The number of hydrogen-bond donors (Lipinski definition) is 0. The molecule has 21 heavy (non-hydrogen) atoms. The van der Waals surface area contributed by atoms with Crippen LogP contribution in [-0.4, -0.2) is 11.8 Å². The molecule has 0 aliphatic rings. The number of ether oxygens (including phenoxy) is 1. The summed E-state index contributed by atoms with van der Waals surface area (Å²) in [4.78, 5) is 11.6. The highest BCUT2D eigenvalue weighted by atomic mass is 35.5. The van der Waals surface area contributed by atoms with Gasteiger partial charge in [-0.2, -0.15) is 0 Å². The van der Waals surface area contributed by atoms with Crippen LogP contribution in [0.5, 0.6) is 5.75 Å². The lowest BCUT2D eigenvalue weighted by Crippen LogP contribution is -2.12. The highest BCUT2D eigenvalue weighted by Crippen LogP contribution is 2.26. The van der Waals surface area contributed by atoms with Crippen molar-refractivity contribution in [1.29, 1.82) is 0 Å². The first-order valence-electron chi connectivity index (χ1n) is 6.77. The third-order valence-corrected chi connectivity index (χ3v) is 3.49. The van der Waals surface area contributed by atoms with Gasteiger partial charge in [0.15, 0.2) is 0 Å². The van der Waals surface area contributed by atoms with Gasteiger partial charge in [0.1, 0.15) is 11.6 Å². The predicted molar refractivity (Wildman–Crippen MR) is 81.3 cm³/mol. The molecule has 0 saturated carbocycles. The van der Waals surface area contributed by atoms with Gasteiger partial charge in [0.05, 0.1) is 12.5 Å². The molecule has 0 spiro atoms. The monoisotopic (exact) mass is 306 g/mol. The normalized spacial score (nSPS) is 12.0. The van der Waals surface area contributed by atoms with E-state index in [1.807, 2.05) is 31.2 Å². The van der Waals surface area contributed by atoms with Crippen LogP contribution in [0.4, 0.5) is 4.39 Å². The van der Waals surface area contributed by atoms with Crippen molar-refractivity contribution < 1.29 is 13.9 Å². The Hall–Kier alpha value is -1.87. The number of carbonyl (C=O) groups is 1. The number of hydrogen-bond acceptors (Lipinski definition) is 2. The van der Waals surface area contributed by atoms with E-state index in [2.05, 4.69) is 0 Å². The van der Waals surface area contributed by atoms with Crippen molar-refractivity contribution in [3.63, 3.8) is 0 Å². The summed E-state index contributed by atoms with van der Waals surface area (Å²) in [5.74, 6) is -0.339. The molecule has 0 bridgehead atoms. The molecule has 0 heterocycles. The average molecular weight is 307 g/mol. The van der Waals surface area contributed by atoms with E-state index in [9.17, 15) is 9.18 Å². The molecule has 2 aromatic rings. The number of carbonyl (C=O) groups excluding carboxylic acids is 1. The summed E-state index contributed by atoms with van der Waals surface area (Å²) >= 11 is 5.65. The standard InChI is InChI=1S/C17H16ClFO2/c1-2-21-13-9-7-12(8-10-13)11-15(17(18)20)14-5-3-4-6-16(14)19/h3-10,15H,2,11H2,1H3. The van der Waals surface area contributed by atoms with Crippen LogP contribution in [0.1, 0.15) is 24.0 Å². The van der Waals surface area contributed by atoms with Gasteiger partial charge in [0, 0.05) is 0 Å². The summed E-state index contributed by atoms with van der Waals surface area (Å²) in [6, 6.07) is 13.6. The Bertz CT molecular complexity index is 610. The van der Waals surface area contributed by atoms with Gasteiger partial charge < -0.3 is 4.74 Å². The van der Waals surface area contributed by atoms with Crippen LogP contribution in [0.15, 0.2) is 48.5 Å². The zero-order chi connectivity index (χ0) is 15.2. The van der Waals surface area contributed by atoms with E-state index in [-0.39, 0.29) is 0 Å². The van der Waals surface area contributed by atoms with Crippen molar-refractivity contribution >= 4 is 16.8 Å². The molecule has 2 rings (SSSR count). The van der Waals surface area contributed by atoms with E-state index in [1.165, 1.54) is 6.07 Å². The first kappa shape index (κ1) is 15.5. The van der Waals surface area contributed by atoms with Gasteiger partial charge in [-0.05, 0) is 54.3 Å². The van der Waals surface area contributed by atoms with Gasteiger partial charge >= 0.3 is 0 Å². The van der Waals surface area contributed by atoms with Crippen molar-refractivity contribution in [2.45, 2.75) is 19.3 Å². The zero-order valence-corrected chi connectivity index (χ0v) is 12.4. The summed E-state index contributed by atoms with van der Waals surface area (Å²) in [5.41, 5.74) is 1.23. The minimum atomic E-state index is -0.689. The number of halogens is 2. The Morgan fingerprint density at radius 1 is 1.19 bits per heavy atom. The maximum atomic E-state index is 13.8. The molecule has 0 aromatic heterocycles. The highest BCUT2D eigenvalue weighted by Gasteiger charge is 2.22. The van der Waals surface area contributed by atoms with Crippen LogP contribution in [0.3, 0.4) is 0 Å². The fourth-order valence-electron chi connectivity index (χ4n) is 2.19. The lowest BCUT2D eigenvalue weighted by molar-refractivity contribution is -0.113. The van der Waals surface area contributed by atoms with Crippen molar-refractivity contribution in [1.82, 2.24) is 0 Å². The molecule has 1 unspecified atom stereocenters. The van der Waals surface area contributed by atoms with E-state index >= 15 is 0 Å². The first-order valence-corrected chi connectivity index (χ1v) is 7.15. The third kappa shape index (κ3) is 4.05. The summed E-state index contributed by atoms with van der Waals surface area (Å²) in [6.45, 7) is 2.51. The lowest BCUT2D eigenvalue weighted by Gasteiger charge is -2.14. The van der Waals surface area contributed by atoms with E-state index in [0.29, 0.717) is 18.6 Å². The number of benzene rings is 2. The Kier molecular flexibility index (Phi) is 5.34. The van der Waals surface area contributed by atoms with Gasteiger partial charge in [0.25, 0.3) is 0 Å². The van der Waals surface area contributed by atoms with E-state index in [0.717, 1.165) is 11.3 Å². The second-order valence-corrected chi connectivity index (χ2v) is 5.03. The molecular weight excluding hydrogens is 291 g/mol. The van der Waals surface area contributed by atoms with Crippen LogP contribution >= 0.6 is 11.6 Å². The van der Waals surface area contributed by atoms with Gasteiger partial charge in [-0.25, -0.2) is 4.39 Å². The maximum absolute atomic E-state index is 13.8. The second kappa shape index (κ2) is 7.23. The molecule has 2 nitrogen and oxygen atoms in total. The fourth-order valence-corrected chi connectivity index (χ4v) is 2.39. The van der Waals surface area contributed by atoms with Crippen molar-refractivity contribution in [2.75, 3.05) is 6.61 Å². The average Bonchev–Trinajstić information content (AvgIpc) is 2.47. The largest absolute Gasteiger partial charge is 0.494 e. The van der Waals surface area contributed by atoms with Crippen LogP contribution in [-0.2, 0) is 11.2 Å². The number of rotatable bonds is 6. The summed E-state index contributed by atoms with van der Waals surface area (Å²) in [7, 11) is 0. The highest BCUT2D eigenvalue weighted by molar-refractivity contribution is 6.64. The van der Waals surface area contributed by atoms with E-state index < -0.39 is 17.0 Å². The molecule has 0 aliphatic carbocycles. The Labute approximate surface area is 128 Å². The quantitative estimate of drug-likeness (QED) is 0.743. The van der Waals surface area contributed by atoms with Crippen LogP contribution in [0, 0.1) is 5.82 Å². The molecule has 2 aromatic carbocycles. The van der Waals surface area contributed by atoms with Gasteiger partial charge in [-0.1, -0.05) is 30.3 Å². The predicted octanol–water partition coefficient (Wildman–Crippen LogP) is 4.32. The van der Waals surface area contributed by atoms with Gasteiger partial charge in [-0.3, -0.25) is 4.79 Å². The first-order chi connectivity index (χ1) is 10.1. The second-order valence-electron chi connectivity index (χ2n) is 4.66. The molecular formula is C17H16ClFO2.